The maximum atomic E-state index is 5.40. The summed E-state index contributed by atoms with van der Waals surface area (Å²) in [6, 6.07) is 2.01. The van der Waals surface area contributed by atoms with Crippen LogP contribution >= 0.6 is 11.3 Å². The van der Waals surface area contributed by atoms with E-state index in [4.69, 9.17) is 6.42 Å². The lowest BCUT2D eigenvalue weighted by atomic mass is 10.2. The van der Waals surface area contributed by atoms with Gasteiger partial charge < -0.3 is 5.32 Å². The Morgan fingerprint density at radius 2 is 2.47 bits per heavy atom. The molecule has 0 aromatic carbocycles. The van der Waals surface area contributed by atoms with Crippen molar-refractivity contribution in [3.63, 3.8) is 0 Å². The van der Waals surface area contributed by atoms with Crippen LogP contribution in [0.3, 0.4) is 0 Å². The third-order valence-corrected chi connectivity index (χ3v) is 3.07. The molecule has 3 nitrogen and oxygen atoms in total. The average Bonchev–Trinajstić information content (AvgIpc) is 2.74. The van der Waals surface area contributed by atoms with E-state index in [1.165, 1.54) is 0 Å². The number of fused-ring (bicyclic) bond motifs is 1. The van der Waals surface area contributed by atoms with Gasteiger partial charge in [0.05, 0.1) is 16.3 Å². The summed E-state index contributed by atoms with van der Waals surface area (Å²) < 4.78 is 1.06. The van der Waals surface area contributed by atoms with Gasteiger partial charge in [-0.05, 0) is 17.9 Å². The molecule has 0 aliphatic carbocycles. The fourth-order valence-electron chi connectivity index (χ4n) is 1.32. The average molecular weight is 217 g/mol. The van der Waals surface area contributed by atoms with E-state index < -0.39 is 0 Å². The van der Waals surface area contributed by atoms with Crippen molar-refractivity contribution < 1.29 is 0 Å². The number of nitrogens with zero attached hydrogens (tertiary/aromatic N) is 2. The molecule has 0 saturated carbocycles. The van der Waals surface area contributed by atoms with E-state index in [2.05, 4.69) is 21.2 Å². The third-order valence-electron chi connectivity index (χ3n) is 2.16. The van der Waals surface area contributed by atoms with Crippen LogP contribution in [0.2, 0.25) is 0 Å². The number of terminal acetylenes is 1. The molecule has 0 aliphatic rings. The van der Waals surface area contributed by atoms with E-state index >= 15 is 0 Å². The van der Waals surface area contributed by atoms with Crippen LogP contribution in [0.15, 0.2) is 17.8 Å². The summed E-state index contributed by atoms with van der Waals surface area (Å²) in [4.78, 5) is 8.38. The molecule has 4 heteroatoms. The van der Waals surface area contributed by atoms with Crippen LogP contribution in [0.1, 0.15) is 13.3 Å². The highest BCUT2D eigenvalue weighted by molar-refractivity contribution is 7.17. The van der Waals surface area contributed by atoms with E-state index in [0.717, 1.165) is 22.5 Å². The van der Waals surface area contributed by atoms with Crippen molar-refractivity contribution in [1.29, 1.82) is 0 Å². The highest BCUT2D eigenvalue weighted by atomic mass is 32.1. The summed E-state index contributed by atoms with van der Waals surface area (Å²) in [5.41, 5.74) is 0.962. The van der Waals surface area contributed by atoms with Crippen molar-refractivity contribution in [1.82, 2.24) is 9.97 Å². The molecular formula is C11H11N3S. The van der Waals surface area contributed by atoms with Crippen LogP contribution in [0, 0.1) is 12.3 Å². The number of nitrogens with one attached hydrogen (secondary N) is 1. The van der Waals surface area contributed by atoms with Gasteiger partial charge in [-0.3, -0.25) is 0 Å². The van der Waals surface area contributed by atoms with E-state index in [9.17, 15) is 0 Å². The molecule has 2 aromatic rings. The van der Waals surface area contributed by atoms with Crippen molar-refractivity contribution in [2.75, 3.05) is 5.32 Å². The first-order valence-electron chi connectivity index (χ1n) is 4.76. The molecule has 2 aromatic heterocycles. The molecule has 0 aliphatic heterocycles. The van der Waals surface area contributed by atoms with Crippen LogP contribution < -0.4 is 5.32 Å². The number of anilines is 1. The maximum Gasteiger partial charge on any atom is 0.148 e. The van der Waals surface area contributed by atoms with E-state index in [-0.39, 0.29) is 6.04 Å². The zero-order valence-electron chi connectivity index (χ0n) is 8.40. The molecule has 2 rings (SSSR count). The summed E-state index contributed by atoms with van der Waals surface area (Å²) in [6.07, 6.45) is 7.84. The van der Waals surface area contributed by atoms with Crippen molar-refractivity contribution in [3.05, 3.63) is 17.8 Å². The highest BCUT2D eigenvalue weighted by Crippen LogP contribution is 2.25. The normalized spacial score (nSPS) is 12.3. The minimum Gasteiger partial charge on any atom is -0.355 e. The molecule has 2 heterocycles. The Labute approximate surface area is 92.6 Å². The van der Waals surface area contributed by atoms with Gasteiger partial charge in [-0.15, -0.1) is 17.8 Å². The monoisotopic (exact) mass is 217 g/mol. The van der Waals surface area contributed by atoms with Crippen LogP contribution in [0.25, 0.3) is 10.2 Å². The Balaban J connectivity index is 2.35. The van der Waals surface area contributed by atoms with Gasteiger partial charge in [0.1, 0.15) is 12.1 Å². The first-order valence-corrected chi connectivity index (χ1v) is 5.64. The molecule has 0 radical (unpaired) electrons. The number of aromatic nitrogens is 2. The fraction of sp³-hybridized carbons (Fsp3) is 0.273. The minimum absolute atomic E-state index is 0.0326. The lowest BCUT2D eigenvalue weighted by Crippen LogP contribution is -2.16. The zero-order chi connectivity index (χ0) is 10.7. The van der Waals surface area contributed by atoms with Gasteiger partial charge >= 0.3 is 0 Å². The second-order valence-corrected chi connectivity index (χ2v) is 4.05. The maximum absolute atomic E-state index is 5.40. The second kappa shape index (κ2) is 4.28. The fourth-order valence-corrected chi connectivity index (χ4v) is 2.12. The Morgan fingerprint density at radius 3 is 3.20 bits per heavy atom. The van der Waals surface area contributed by atoms with Crippen molar-refractivity contribution >= 4 is 27.4 Å². The standard InChI is InChI=1S/C11H11N3S/c1-3-8(4-2)14-11-10-9(5-6-15-10)12-7-13-11/h1,5-8H,4H2,2H3,(H,12,13,14). The van der Waals surface area contributed by atoms with Gasteiger partial charge in [-0.1, -0.05) is 12.8 Å². The molecule has 0 saturated heterocycles. The Bertz CT molecular complexity index is 498. The SMILES string of the molecule is C#CC(CC)Nc1ncnc2ccsc12. The zero-order valence-corrected chi connectivity index (χ0v) is 9.21. The van der Waals surface area contributed by atoms with Crippen LogP contribution in [0.4, 0.5) is 5.82 Å². The number of hydrogen-bond acceptors (Lipinski definition) is 4. The summed E-state index contributed by atoms with van der Waals surface area (Å²) in [5.74, 6) is 3.52. The van der Waals surface area contributed by atoms with Crippen molar-refractivity contribution in [2.45, 2.75) is 19.4 Å². The first kappa shape index (κ1) is 9.94. The molecule has 76 valence electrons. The second-order valence-electron chi connectivity index (χ2n) is 3.13. The van der Waals surface area contributed by atoms with Crippen LogP contribution in [-0.2, 0) is 0 Å². The topological polar surface area (TPSA) is 37.8 Å². The molecule has 0 amide bonds. The van der Waals surface area contributed by atoms with E-state index in [1.807, 2.05) is 18.4 Å². The Kier molecular flexibility index (Phi) is 2.84. The lowest BCUT2D eigenvalue weighted by molar-refractivity contribution is 0.852. The predicted molar refractivity (Wildman–Crippen MR) is 63.9 cm³/mol. The van der Waals surface area contributed by atoms with Crippen molar-refractivity contribution in [2.24, 2.45) is 0 Å². The summed E-state index contributed by atoms with van der Waals surface area (Å²) >= 11 is 1.62. The van der Waals surface area contributed by atoms with E-state index in [0.29, 0.717) is 0 Å². The Hall–Kier alpha value is -1.60. The molecule has 1 unspecified atom stereocenters. The molecule has 1 atom stereocenters. The minimum atomic E-state index is 0.0326. The van der Waals surface area contributed by atoms with Crippen LogP contribution in [0.5, 0.6) is 0 Å². The summed E-state index contributed by atoms with van der Waals surface area (Å²) in [6.45, 7) is 2.05. The third kappa shape index (κ3) is 1.92. The van der Waals surface area contributed by atoms with Gasteiger partial charge in [0.15, 0.2) is 0 Å². The smallest absolute Gasteiger partial charge is 0.148 e. The largest absolute Gasteiger partial charge is 0.355 e. The van der Waals surface area contributed by atoms with Crippen molar-refractivity contribution in [3.8, 4) is 12.3 Å². The predicted octanol–water partition coefficient (Wildman–Crippen LogP) is 2.52. The van der Waals surface area contributed by atoms with Gasteiger partial charge in [-0.25, -0.2) is 9.97 Å². The van der Waals surface area contributed by atoms with Gasteiger partial charge in [0.25, 0.3) is 0 Å². The molecule has 0 spiro atoms. The molecule has 1 N–H and O–H groups in total. The Morgan fingerprint density at radius 1 is 1.60 bits per heavy atom. The quantitative estimate of drug-likeness (QED) is 0.803. The summed E-state index contributed by atoms with van der Waals surface area (Å²) in [7, 11) is 0. The van der Waals surface area contributed by atoms with Gasteiger partial charge in [0.2, 0.25) is 0 Å². The molecule has 0 bridgehead atoms. The molecular weight excluding hydrogens is 206 g/mol. The summed E-state index contributed by atoms with van der Waals surface area (Å²) in [5, 5.41) is 5.23. The molecule has 0 fully saturated rings. The number of rotatable bonds is 3. The number of hydrogen-bond donors (Lipinski definition) is 1. The van der Waals surface area contributed by atoms with Gasteiger partial charge in [-0.2, -0.15) is 0 Å². The van der Waals surface area contributed by atoms with E-state index in [1.54, 1.807) is 17.7 Å². The van der Waals surface area contributed by atoms with Gasteiger partial charge in [0, 0.05) is 0 Å². The number of thiophene rings is 1. The van der Waals surface area contributed by atoms with Crippen LogP contribution in [-0.4, -0.2) is 16.0 Å². The molecule has 15 heavy (non-hydrogen) atoms. The first-order chi connectivity index (χ1) is 7.35. The highest BCUT2D eigenvalue weighted by Gasteiger charge is 2.07. The lowest BCUT2D eigenvalue weighted by Gasteiger charge is -2.11.